The average molecular weight is 590 g/mol. The summed E-state index contributed by atoms with van der Waals surface area (Å²) in [4.78, 5) is 28.3. The summed E-state index contributed by atoms with van der Waals surface area (Å²) in [5.41, 5.74) is -0.683. The van der Waals surface area contributed by atoms with Gasteiger partial charge in [0.2, 0.25) is 11.8 Å². The van der Waals surface area contributed by atoms with Crippen LogP contribution in [0.3, 0.4) is 0 Å². The Morgan fingerprint density at radius 2 is 1.49 bits per heavy atom. The van der Waals surface area contributed by atoms with E-state index in [-0.39, 0.29) is 29.6 Å². The van der Waals surface area contributed by atoms with Gasteiger partial charge in [0.25, 0.3) is 10.0 Å². The molecule has 220 valence electrons. The van der Waals surface area contributed by atoms with Crippen LogP contribution in [-0.4, -0.2) is 43.8 Å². The lowest BCUT2D eigenvalue weighted by atomic mass is 10.1. The van der Waals surface area contributed by atoms with E-state index in [0.717, 1.165) is 12.1 Å². The van der Waals surface area contributed by atoms with E-state index in [1.54, 1.807) is 43.3 Å². The van der Waals surface area contributed by atoms with Gasteiger partial charge in [-0.2, -0.15) is 13.2 Å². The number of sulfonamides is 1. The summed E-state index contributed by atoms with van der Waals surface area (Å²) < 4.78 is 68.9. The summed E-state index contributed by atoms with van der Waals surface area (Å²) >= 11 is 0. The number of halogens is 3. The number of rotatable bonds is 12. The summed E-state index contributed by atoms with van der Waals surface area (Å²) in [6.07, 6.45) is -3.84. The minimum atomic E-state index is -4.73. The van der Waals surface area contributed by atoms with Crippen LogP contribution >= 0.6 is 0 Å². The van der Waals surface area contributed by atoms with Gasteiger partial charge in [-0.3, -0.25) is 13.9 Å². The minimum Gasteiger partial charge on any atom is -0.352 e. The van der Waals surface area contributed by atoms with Crippen molar-refractivity contribution in [3.05, 3.63) is 96.1 Å². The van der Waals surface area contributed by atoms with Gasteiger partial charge in [-0.25, -0.2) is 8.42 Å². The fraction of sp³-hybridized carbons (Fsp3) is 0.333. The molecule has 0 aliphatic rings. The highest BCUT2D eigenvalue weighted by Crippen LogP contribution is 2.33. The molecule has 3 rings (SSSR count). The van der Waals surface area contributed by atoms with Crippen molar-refractivity contribution >= 4 is 27.5 Å². The van der Waals surface area contributed by atoms with Crippen LogP contribution in [0.5, 0.6) is 0 Å². The smallest absolute Gasteiger partial charge is 0.352 e. The second-order valence-corrected chi connectivity index (χ2v) is 11.5. The van der Waals surface area contributed by atoms with Gasteiger partial charge >= 0.3 is 6.18 Å². The molecule has 0 fully saturated rings. The molecule has 1 N–H and O–H groups in total. The first-order valence-electron chi connectivity index (χ1n) is 13.3. The number of carbonyl (C=O) groups excluding carboxylic acids is 2. The van der Waals surface area contributed by atoms with Crippen LogP contribution in [0.15, 0.2) is 89.8 Å². The van der Waals surface area contributed by atoms with E-state index in [0.29, 0.717) is 22.4 Å². The van der Waals surface area contributed by atoms with Crippen molar-refractivity contribution in [3.8, 4) is 0 Å². The summed E-state index contributed by atoms with van der Waals surface area (Å²) in [6, 6.07) is 18.7. The predicted octanol–water partition coefficient (Wildman–Crippen LogP) is 5.62. The molecule has 3 aromatic rings. The first kappa shape index (κ1) is 31.7. The molecule has 0 spiro atoms. The van der Waals surface area contributed by atoms with Crippen molar-refractivity contribution in [2.24, 2.45) is 0 Å². The molecular formula is C30H34F3N3O4S. The van der Waals surface area contributed by atoms with Crippen LogP contribution in [0, 0.1) is 0 Å². The van der Waals surface area contributed by atoms with Gasteiger partial charge in [0.15, 0.2) is 0 Å². The van der Waals surface area contributed by atoms with Gasteiger partial charge in [-0.1, -0.05) is 68.4 Å². The normalized spacial score (nSPS) is 13.2. The Hall–Kier alpha value is -3.86. The number of nitrogens with one attached hydrogen (secondary N) is 1. The first-order chi connectivity index (χ1) is 19.4. The zero-order valence-electron chi connectivity index (χ0n) is 23.1. The van der Waals surface area contributed by atoms with Crippen molar-refractivity contribution in [2.75, 3.05) is 10.8 Å². The molecule has 41 heavy (non-hydrogen) atoms. The van der Waals surface area contributed by atoms with Crippen LogP contribution in [0.25, 0.3) is 0 Å². The molecule has 0 heterocycles. The lowest BCUT2D eigenvalue weighted by molar-refractivity contribution is -0.140. The van der Waals surface area contributed by atoms with E-state index in [9.17, 15) is 31.2 Å². The summed E-state index contributed by atoms with van der Waals surface area (Å²) in [6.45, 7) is 4.64. The molecule has 0 aliphatic carbocycles. The number of amides is 2. The van der Waals surface area contributed by atoms with Crippen molar-refractivity contribution in [2.45, 2.75) is 63.3 Å². The minimum absolute atomic E-state index is 0.00603. The fourth-order valence-corrected chi connectivity index (χ4v) is 5.65. The highest BCUT2D eigenvalue weighted by molar-refractivity contribution is 7.92. The van der Waals surface area contributed by atoms with Gasteiger partial charge < -0.3 is 10.2 Å². The molecule has 0 saturated heterocycles. The molecule has 7 nitrogen and oxygen atoms in total. The standard InChI is InChI=1S/C30H34F3N3O4S/c1-4-22(3)34-29(38)27(5-2)35(20-23-13-8-6-9-14-23)28(37)21-36(41(39,40)26-17-10-7-11-18-26)25-16-12-15-24(19-25)30(31,32)33/h6-19,22,27H,4-5,20-21H2,1-3H3,(H,34,38)/t22-,27-/m0/s1. The number of hydrogen-bond donors (Lipinski definition) is 1. The third-order valence-electron chi connectivity index (χ3n) is 6.65. The third-order valence-corrected chi connectivity index (χ3v) is 8.44. The monoisotopic (exact) mass is 589 g/mol. The first-order valence-corrected chi connectivity index (χ1v) is 14.7. The molecular weight excluding hydrogens is 555 g/mol. The summed E-state index contributed by atoms with van der Waals surface area (Å²) in [7, 11) is -4.48. The molecule has 2 atom stereocenters. The van der Waals surface area contributed by atoms with Crippen LogP contribution < -0.4 is 9.62 Å². The maximum Gasteiger partial charge on any atom is 0.416 e. The lowest BCUT2D eigenvalue weighted by Gasteiger charge is -2.33. The molecule has 0 radical (unpaired) electrons. The van der Waals surface area contributed by atoms with Gasteiger partial charge in [0, 0.05) is 12.6 Å². The Balaban J connectivity index is 2.09. The summed E-state index contributed by atoms with van der Waals surface area (Å²) in [5.74, 6) is -1.14. The maximum absolute atomic E-state index is 14.0. The molecule has 0 aliphatic heterocycles. The summed E-state index contributed by atoms with van der Waals surface area (Å²) in [5, 5.41) is 2.88. The van der Waals surface area contributed by atoms with Gasteiger partial charge in [0.05, 0.1) is 16.1 Å². The van der Waals surface area contributed by atoms with Crippen LogP contribution in [0.1, 0.15) is 44.7 Å². The number of benzene rings is 3. The second kappa shape index (κ2) is 13.7. The lowest BCUT2D eigenvalue weighted by Crippen LogP contribution is -2.53. The molecule has 0 aromatic heterocycles. The molecule has 3 aromatic carbocycles. The van der Waals surface area contributed by atoms with E-state index in [4.69, 9.17) is 0 Å². The Bertz CT molecular complexity index is 1420. The van der Waals surface area contributed by atoms with E-state index in [1.807, 2.05) is 13.8 Å². The van der Waals surface area contributed by atoms with Gasteiger partial charge in [-0.05, 0) is 55.7 Å². The molecule has 0 saturated carbocycles. The maximum atomic E-state index is 14.0. The molecule has 0 unspecified atom stereocenters. The zero-order chi connectivity index (χ0) is 30.2. The highest BCUT2D eigenvalue weighted by atomic mass is 32.2. The van der Waals surface area contributed by atoms with Crippen LogP contribution in [0.4, 0.5) is 18.9 Å². The number of hydrogen-bond acceptors (Lipinski definition) is 4. The van der Waals surface area contributed by atoms with Crippen LogP contribution in [0.2, 0.25) is 0 Å². The SMILES string of the molecule is CC[C@H](C)NC(=O)[C@H](CC)N(Cc1ccccc1)C(=O)CN(c1cccc(C(F)(F)F)c1)S(=O)(=O)c1ccccc1. The average Bonchev–Trinajstić information content (AvgIpc) is 2.96. The topological polar surface area (TPSA) is 86.8 Å². The zero-order valence-corrected chi connectivity index (χ0v) is 24.0. The molecule has 11 heteroatoms. The Kier molecular flexibility index (Phi) is 10.6. The number of anilines is 1. The van der Waals surface area contributed by atoms with Gasteiger partial charge in [-0.15, -0.1) is 0 Å². The second-order valence-electron chi connectivity index (χ2n) is 9.62. The van der Waals surface area contributed by atoms with Crippen molar-refractivity contribution in [1.29, 1.82) is 0 Å². The number of carbonyl (C=O) groups is 2. The van der Waals surface area contributed by atoms with Crippen LogP contribution in [-0.2, 0) is 32.3 Å². The number of alkyl halides is 3. The fourth-order valence-electron chi connectivity index (χ4n) is 4.23. The Morgan fingerprint density at radius 1 is 0.878 bits per heavy atom. The quantitative estimate of drug-likeness (QED) is 0.297. The van der Waals surface area contributed by atoms with E-state index in [1.165, 1.54) is 35.2 Å². The Labute approximate surface area is 239 Å². The van der Waals surface area contributed by atoms with Crippen molar-refractivity contribution < 1.29 is 31.2 Å². The van der Waals surface area contributed by atoms with E-state index >= 15 is 0 Å². The highest BCUT2D eigenvalue weighted by Gasteiger charge is 2.36. The van der Waals surface area contributed by atoms with Crippen molar-refractivity contribution in [3.63, 3.8) is 0 Å². The number of nitrogens with zero attached hydrogens (tertiary/aromatic N) is 2. The van der Waals surface area contributed by atoms with E-state index < -0.39 is 46.2 Å². The molecule has 0 bridgehead atoms. The van der Waals surface area contributed by atoms with Crippen molar-refractivity contribution in [1.82, 2.24) is 10.2 Å². The predicted molar refractivity (Wildman–Crippen MR) is 151 cm³/mol. The molecule has 2 amide bonds. The van der Waals surface area contributed by atoms with Gasteiger partial charge in [0.1, 0.15) is 12.6 Å². The largest absolute Gasteiger partial charge is 0.416 e. The Morgan fingerprint density at radius 3 is 2.05 bits per heavy atom. The third kappa shape index (κ3) is 8.09. The van der Waals surface area contributed by atoms with E-state index in [2.05, 4.69) is 5.32 Å².